The smallest absolute Gasteiger partial charge is 0.265 e. The molecule has 1 unspecified atom stereocenters. The monoisotopic (exact) mass is 334 g/mol. The van der Waals surface area contributed by atoms with Crippen LogP contribution < -0.4 is 15.4 Å². The van der Waals surface area contributed by atoms with Gasteiger partial charge in [0.1, 0.15) is 10.9 Å². The van der Waals surface area contributed by atoms with Crippen molar-refractivity contribution in [2.24, 2.45) is 7.05 Å². The zero-order chi connectivity index (χ0) is 16.7. The van der Waals surface area contributed by atoms with Crippen LogP contribution in [0.4, 0.5) is 11.4 Å². The molecule has 0 fully saturated rings. The van der Waals surface area contributed by atoms with Crippen LogP contribution in [-0.2, 0) is 11.8 Å². The first kappa shape index (κ1) is 15.4. The first-order valence-electron chi connectivity index (χ1n) is 6.99. The van der Waals surface area contributed by atoms with Crippen molar-refractivity contribution in [3.05, 3.63) is 34.6 Å². The fourth-order valence-electron chi connectivity index (χ4n) is 2.37. The number of ether oxygens (including phenoxy) is 1. The molecule has 1 aliphatic heterocycles. The minimum Gasteiger partial charge on any atom is -0.479 e. The standard InChI is InChI=1S/C15H15ClN4O3/c1-7-12(13(16)20(3)19-7)15(22)17-9-4-5-11-10(6-9)18-14(21)8(2)23-11/h4-6,8H,1-3H3,(H,17,22)(H,18,21). The average molecular weight is 335 g/mol. The minimum absolute atomic E-state index is 0.230. The maximum atomic E-state index is 12.4. The van der Waals surface area contributed by atoms with Crippen LogP contribution in [0.3, 0.4) is 0 Å². The SMILES string of the molecule is Cc1nn(C)c(Cl)c1C(=O)Nc1ccc2c(c1)NC(=O)C(C)O2. The van der Waals surface area contributed by atoms with Crippen molar-refractivity contribution in [1.82, 2.24) is 9.78 Å². The number of carbonyl (C=O) groups excluding carboxylic acids is 2. The maximum absolute atomic E-state index is 12.4. The summed E-state index contributed by atoms with van der Waals surface area (Å²) in [6.07, 6.45) is -0.542. The van der Waals surface area contributed by atoms with Gasteiger partial charge in [-0.25, -0.2) is 0 Å². The molecule has 2 aromatic rings. The molecule has 1 aromatic heterocycles. The number of anilines is 2. The molecule has 2 heterocycles. The fourth-order valence-corrected chi connectivity index (χ4v) is 2.63. The number of nitrogens with zero attached hydrogens (tertiary/aromatic N) is 2. The third-order valence-electron chi connectivity index (χ3n) is 3.55. The molecule has 0 spiro atoms. The predicted molar refractivity (Wildman–Crippen MR) is 86.1 cm³/mol. The third kappa shape index (κ3) is 2.75. The second-order valence-corrected chi connectivity index (χ2v) is 5.65. The van der Waals surface area contributed by atoms with E-state index < -0.39 is 6.10 Å². The first-order valence-corrected chi connectivity index (χ1v) is 7.36. The second-order valence-electron chi connectivity index (χ2n) is 5.29. The highest BCUT2D eigenvalue weighted by Gasteiger charge is 2.24. The summed E-state index contributed by atoms with van der Waals surface area (Å²) in [6, 6.07) is 5.02. The van der Waals surface area contributed by atoms with Gasteiger partial charge in [0.25, 0.3) is 11.8 Å². The van der Waals surface area contributed by atoms with Crippen LogP contribution >= 0.6 is 11.6 Å². The Bertz CT molecular complexity index is 815. The summed E-state index contributed by atoms with van der Waals surface area (Å²) < 4.78 is 6.91. The largest absolute Gasteiger partial charge is 0.479 e. The lowest BCUT2D eigenvalue weighted by atomic mass is 10.2. The van der Waals surface area contributed by atoms with Gasteiger partial charge in [-0.1, -0.05) is 11.6 Å². The molecule has 2 amide bonds. The number of hydrogen-bond acceptors (Lipinski definition) is 4. The number of aromatic nitrogens is 2. The highest BCUT2D eigenvalue weighted by molar-refractivity contribution is 6.33. The highest BCUT2D eigenvalue weighted by Crippen LogP contribution is 2.32. The van der Waals surface area contributed by atoms with Crippen molar-refractivity contribution in [2.45, 2.75) is 20.0 Å². The Hall–Kier alpha value is -2.54. The molecule has 0 aliphatic carbocycles. The van der Waals surface area contributed by atoms with E-state index in [0.717, 1.165) is 0 Å². The van der Waals surface area contributed by atoms with E-state index in [2.05, 4.69) is 15.7 Å². The summed E-state index contributed by atoms with van der Waals surface area (Å²) in [5.41, 5.74) is 1.89. The Morgan fingerprint density at radius 3 is 2.87 bits per heavy atom. The fraction of sp³-hybridized carbons (Fsp3) is 0.267. The topological polar surface area (TPSA) is 85.3 Å². The van der Waals surface area contributed by atoms with Gasteiger partial charge >= 0.3 is 0 Å². The molecule has 23 heavy (non-hydrogen) atoms. The summed E-state index contributed by atoms with van der Waals surface area (Å²) in [5.74, 6) is -0.0326. The zero-order valence-corrected chi connectivity index (χ0v) is 13.6. The van der Waals surface area contributed by atoms with E-state index in [9.17, 15) is 9.59 Å². The zero-order valence-electron chi connectivity index (χ0n) is 12.8. The molecule has 1 atom stereocenters. The van der Waals surface area contributed by atoms with E-state index in [1.807, 2.05) is 0 Å². The highest BCUT2D eigenvalue weighted by atomic mass is 35.5. The quantitative estimate of drug-likeness (QED) is 0.882. The second kappa shape index (κ2) is 5.58. The Balaban J connectivity index is 1.85. The van der Waals surface area contributed by atoms with Gasteiger partial charge in [-0.2, -0.15) is 5.10 Å². The number of hydrogen-bond donors (Lipinski definition) is 2. The minimum atomic E-state index is -0.542. The van der Waals surface area contributed by atoms with Gasteiger partial charge in [0, 0.05) is 12.7 Å². The maximum Gasteiger partial charge on any atom is 0.265 e. The van der Waals surface area contributed by atoms with E-state index >= 15 is 0 Å². The number of nitrogens with one attached hydrogen (secondary N) is 2. The number of halogens is 1. The number of benzene rings is 1. The van der Waals surface area contributed by atoms with Crippen LogP contribution in [0, 0.1) is 6.92 Å². The van der Waals surface area contributed by atoms with E-state index in [1.165, 1.54) is 4.68 Å². The first-order chi connectivity index (χ1) is 10.9. The molecular formula is C15H15ClN4O3. The van der Waals surface area contributed by atoms with Gasteiger partial charge in [0.2, 0.25) is 0 Å². The molecule has 0 saturated heterocycles. The molecule has 7 nitrogen and oxygen atoms in total. The molecular weight excluding hydrogens is 320 g/mol. The summed E-state index contributed by atoms with van der Waals surface area (Å²) in [5, 5.41) is 9.85. The van der Waals surface area contributed by atoms with Crippen LogP contribution in [-0.4, -0.2) is 27.7 Å². The molecule has 0 bridgehead atoms. The molecule has 3 rings (SSSR count). The van der Waals surface area contributed by atoms with Crippen molar-refractivity contribution in [3.63, 3.8) is 0 Å². The lowest BCUT2D eigenvalue weighted by Gasteiger charge is -2.23. The van der Waals surface area contributed by atoms with Gasteiger partial charge in [0.05, 0.1) is 16.9 Å². The molecule has 0 saturated carbocycles. The summed E-state index contributed by atoms with van der Waals surface area (Å²) >= 11 is 6.09. The van der Waals surface area contributed by atoms with Crippen LogP contribution in [0.5, 0.6) is 5.75 Å². The molecule has 8 heteroatoms. The van der Waals surface area contributed by atoms with Crippen LogP contribution in [0.2, 0.25) is 5.15 Å². The Morgan fingerprint density at radius 1 is 1.48 bits per heavy atom. The Labute approximate surface area is 137 Å². The van der Waals surface area contributed by atoms with Crippen molar-refractivity contribution >= 4 is 34.8 Å². The molecule has 2 N–H and O–H groups in total. The van der Waals surface area contributed by atoms with Crippen molar-refractivity contribution in [1.29, 1.82) is 0 Å². The van der Waals surface area contributed by atoms with Crippen LogP contribution in [0.25, 0.3) is 0 Å². The normalized spacial score (nSPS) is 16.3. The Morgan fingerprint density at radius 2 is 2.22 bits per heavy atom. The molecule has 1 aliphatic rings. The predicted octanol–water partition coefficient (Wildman–Crippen LogP) is 2.35. The van der Waals surface area contributed by atoms with E-state index in [0.29, 0.717) is 28.4 Å². The average Bonchev–Trinajstić information content (AvgIpc) is 2.73. The number of fused-ring (bicyclic) bond motifs is 1. The van der Waals surface area contributed by atoms with Crippen LogP contribution in [0.1, 0.15) is 23.0 Å². The summed E-state index contributed by atoms with van der Waals surface area (Å²) in [7, 11) is 1.67. The number of rotatable bonds is 2. The summed E-state index contributed by atoms with van der Waals surface area (Å²) in [4.78, 5) is 24.0. The number of carbonyl (C=O) groups is 2. The van der Waals surface area contributed by atoms with E-state index in [4.69, 9.17) is 16.3 Å². The van der Waals surface area contributed by atoms with E-state index in [1.54, 1.807) is 39.1 Å². The number of aryl methyl sites for hydroxylation is 2. The van der Waals surface area contributed by atoms with Gasteiger partial charge in [-0.15, -0.1) is 0 Å². The summed E-state index contributed by atoms with van der Waals surface area (Å²) in [6.45, 7) is 3.38. The van der Waals surface area contributed by atoms with E-state index in [-0.39, 0.29) is 17.0 Å². The molecule has 0 radical (unpaired) electrons. The lowest BCUT2D eigenvalue weighted by Crippen LogP contribution is -2.34. The van der Waals surface area contributed by atoms with Crippen molar-refractivity contribution in [2.75, 3.05) is 10.6 Å². The Kier molecular flexibility index (Phi) is 3.73. The lowest BCUT2D eigenvalue weighted by molar-refractivity contribution is -0.122. The van der Waals surface area contributed by atoms with Crippen LogP contribution in [0.15, 0.2) is 18.2 Å². The van der Waals surface area contributed by atoms with Crippen molar-refractivity contribution < 1.29 is 14.3 Å². The van der Waals surface area contributed by atoms with Crippen molar-refractivity contribution in [3.8, 4) is 5.75 Å². The van der Waals surface area contributed by atoms with Gasteiger partial charge in [-0.3, -0.25) is 14.3 Å². The molecule has 1 aromatic carbocycles. The van der Waals surface area contributed by atoms with Gasteiger partial charge in [0.15, 0.2) is 6.10 Å². The van der Waals surface area contributed by atoms with Gasteiger partial charge < -0.3 is 15.4 Å². The third-order valence-corrected chi connectivity index (χ3v) is 3.98. The van der Waals surface area contributed by atoms with Gasteiger partial charge in [-0.05, 0) is 32.0 Å². The number of amides is 2. The molecule has 120 valence electrons.